The van der Waals surface area contributed by atoms with Gasteiger partial charge >= 0.3 is 0 Å². The Kier molecular flexibility index (Phi) is 5.12. The molecule has 5 heteroatoms. The highest BCUT2D eigenvalue weighted by molar-refractivity contribution is 9.10. The van der Waals surface area contributed by atoms with Gasteiger partial charge in [-0.25, -0.2) is 4.39 Å². The molecule has 0 aromatic heterocycles. The molecule has 0 radical (unpaired) electrons. The molecule has 100 valence electrons. The number of likely N-dealkylation sites (N-methyl/N-ethyl adjacent to an activating group) is 1. The first-order chi connectivity index (χ1) is 8.72. The van der Waals surface area contributed by atoms with Gasteiger partial charge in [0.25, 0.3) is 0 Å². The maximum Gasteiger partial charge on any atom is 0.137 e. The van der Waals surface area contributed by atoms with E-state index in [1.807, 2.05) is 13.1 Å². The Morgan fingerprint density at radius 2 is 2.39 bits per heavy atom. The molecular weight excluding hydrogens is 299 g/mol. The van der Waals surface area contributed by atoms with E-state index in [4.69, 9.17) is 4.74 Å². The zero-order valence-corrected chi connectivity index (χ0v) is 12.0. The first kappa shape index (κ1) is 13.9. The summed E-state index contributed by atoms with van der Waals surface area (Å²) in [4.78, 5) is 2.33. The summed E-state index contributed by atoms with van der Waals surface area (Å²) in [5, 5.41) is 3.17. The van der Waals surface area contributed by atoms with Crippen molar-refractivity contribution in [1.82, 2.24) is 10.2 Å². The molecule has 1 N–H and O–H groups in total. The van der Waals surface area contributed by atoms with Crippen molar-refractivity contribution < 1.29 is 9.13 Å². The molecule has 1 aliphatic heterocycles. The van der Waals surface area contributed by atoms with Crippen molar-refractivity contribution in [2.24, 2.45) is 0 Å². The fourth-order valence-corrected chi connectivity index (χ4v) is 2.60. The van der Waals surface area contributed by atoms with Crippen LogP contribution in [0.3, 0.4) is 0 Å². The van der Waals surface area contributed by atoms with Crippen LogP contribution in [0.5, 0.6) is 0 Å². The van der Waals surface area contributed by atoms with Gasteiger partial charge in [-0.1, -0.05) is 12.1 Å². The van der Waals surface area contributed by atoms with Gasteiger partial charge in [0.2, 0.25) is 0 Å². The smallest absolute Gasteiger partial charge is 0.137 e. The largest absolute Gasteiger partial charge is 0.378 e. The first-order valence-electron chi connectivity index (χ1n) is 6.11. The van der Waals surface area contributed by atoms with Crippen LogP contribution in [0.1, 0.15) is 5.56 Å². The first-order valence-corrected chi connectivity index (χ1v) is 6.91. The number of hydrogen-bond acceptors (Lipinski definition) is 3. The van der Waals surface area contributed by atoms with Gasteiger partial charge in [-0.05, 0) is 34.6 Å². The minimum Gasteiger partial charge on any atom is -0.378 e. The number of rotatable bonds is 4. The molecule has 1 aromatic rings. The molecule has 1 atom stereocenters. The van der Waals surface area contributed by atoms with Gasteiger partial charge in [-0.2, -0.15) is 0 Å². The highest BCUT2D eigenvalue weighted by atomic mass is 79.9. The Hall–Kier alpha value is -0.490. The maximum atomic E-state index is 13.5. The standard InChI is InChI=1S/C13H18BrFN2O/c1-16-7-11-9-18-6-5-17(11)8-10-3-2-4-12(15)13(10)14/h2-4,11,16H,5-9H2,1H3. The van der Waals surface area contributed by atoms with Crippen molar-refractivity contribution in [2.45, 2.75) is 12.6 Å². The van der Waals surface area contributed by atoms with E-state index in [0.29, 0.717) is 10.5 Å². The highest BCUT2D eigenvalue weighted by Crippen LogP contribution is 2.23. The summed E-state index contributed by atoms with van der Waals surface area (Å²) in [6, 6.07) is 5.53. The van der Waals surface area contributed by atoms with Gasteiger partial charge in [0.05, 0.1) is 17.7 Å². The Morgan fingerprint density at radius 1 is 1.56 bits per heavy atom. The van der Waals surface area contributed by atoms with E-state index in [9.17, 15) is 4.39 Å². The van der Waals surface area contributed by atoms with Crippen LogP contribution in [0.4, 0.5) is 4.39 Å². The second-order valence-corrected chi connectivity index (χ2v) is 5.26. The number of ether oxygens (including phenoxy) is 1. The van der Waals surface area contributed by atoms with Crippen molar-refractivity contribution in [3.8, 4) is 0 Å². The van der Waals surface area contributed by atoms with Crippen LogP contribution >= 0.6 is 15.9 Å². The lowest BCUT2D eigenvalue weighted by atomic mass is 10.1. The summed E-state index contributed by atoms with van der Waals surface area (Å²) >= 11 is 3.32. The molecule has 0 aliphatic carbocycles. The topological polar surface area (TPSA) is 24.5 Å². The molecule has 3 nitrogen and oxygen atoms in total. The number of halogens is 2. The summed E-state index contributed by atoms with van der Waals surface area (Å²) < 4.78 is 19.5. The van der Waals surface area contributed by atoms with Crippen molar-refractivity contribution >= 4 is 15.9 Å². The predicted octanol–water partition coefficient (Wildman–Crippen LogP) is 2.01. The van der Waals surface area contributed by atoms with E-state index < -0.39 is 0 Å². The normalized spacial score (nSPS) is 21.2. The summed E-state index contributed by atoms with van der Waals surface area (Å²) in [6.45, 7) is 3.98. The number of hydrogen-bond donors (Lipinski definition) is 1. The average molecular weight is 317 g/mol. The third kappa shape index (κ3) is 3.29. The number of morpholine rings is 1. The zero-order valence-electron chi connectivity index (χ0n) is 10.5. The fraction of sp³-hybridized carbons (Fsp3) is 0.538. The SMILES string of the molecule is CNCC1COCCN1Cc1cccc(F)c1Br. The molecule has 18 heavy (non-hydrogen) atoms. The van der Waals surface area contributed by atoms with Crippen LogP contribution in [0.25, 0.3) is 0 Å². The van der Waals surface area contributed by atoms with Crippen molar-refractivity contribution in [3.63, 3.8) is 0 Å². The Balaban J connectivity index is 2.08. The number of benzene rings is 1. The molecule has 1 aliphatic rings. The van der Waals surface area contributed by atoms with Crippen molar-refractivity contribution in [1.29, 1.82) is 0 Å². The second kappa shape index (κ2) is 6.61. The molecule has 1 unspecified atom stereocenters. The summed E-state index contributed by atoms with van der Waals surface area (Å²) in [6.07, 6.45) is 0. The quantitative estimate of drug-likeness (QED) is 0.919. The lowest BCUT2D eigenvalue weighted by Crippen LogP contribution is -2.49. The predicted molar refractivity (Wildman–Crippen MR) is 73.0 cm³/mol. The van der Waals surface area contributed by atoms with Crippen LogP contribution in [0, 0.1) is 5.82 Å². The maximum absolute atomic E-state index is 13.5. The van der Waals surface area contributed by atoms with Crippen LogP contribution in [-0.2, 0) is 11.3 Å². The number of nitrogens with zero attached hydrogens (tertiary/aromatic N) is 1. The van der Waals surface area contributed by atoms with Gasteiger partial charge in [0.15, 0.2) is 0 Å². The monoisotopic (exact) mass is 316 g/mol. The molecule has 2 rings (SSSR count). The molecular formula is C13H18BrFN2O. The molecule has 0 saturated carbocycles. The number of nitrogens with one attached hydrogen (secondary N) is 1. The van der Waals surface area contributed by atoms with E-state index >= 15 is 0 Å². The molecule has 1 aromatic carbocycles. The van der Waals surface area contributed by atoms with E-state index in [1.54, 1.807) is 6.07 Å². The second-order valence-electron chi connectivity index (χ2n) is 4.47. The third-order valence-corrected chi connectivity index (χ3v) is 4.08. The zero-order chi connectivity index (χ0) is 13.0. The van der Waals surface area contributed by atoms with Crippen LogP contribution in [-0.4, -0.2) is 44.3 Å². The van der Waals surface area contributed by atoms with Crippen LogP contribution < -0.4 is 5.32 Å². The van der Waals surface area contributed by atoms with Crippen molar-refractivity contribution in [2.75, 3.05) is 33.4 Å². The van der Waals surface area contributed by atoms with E-state index in [0.717, 1.165) is 38.4 Å². The van der Waals surface area contributed by atoms with Gasteiger partial charge in [-0.15, -0.1) is 0 Å². The van der Waals surface area contributed by atoms with E-state index in [-0.39, 0.29) is 5.82 Å². The van der Waals surface area contributed by atoms with E-state index in [2.05, 4.69) is 26.1 Å². The van der Waals surface area contributed by atoms with Crippen molar-refractivity contribution in [3.05, 3.63) is 34.1 Å². The molecule has 0 bridgehead atoms. The highest BCUT2D eigenvalue weighted by Gasteiger charge is 2.23. The minimum absolute atomic E-state index is 0.203. The molecule has 0 amide bonds. The minimum atomic E-state index is -0.203. The van der Waals surface area contributed by atoms with Gasteiger partial charge in [0, 0.05) is 25.7 Å². The Bertz CT molecular complexity index is 401. The molecule has 1 fully saturated rings. The van der Waals surface area contributed by atoms with Crippen LogP contribution in [0.15, 0.2) is 22.7 Å². The van der Waals surface area contributed by atoms with Gasteiger partial charge in [0.1, 0.15) is 5.82 Å². The average Bonchev–Trinajstić information content (AvgIpc) is 2.37. The fourth-order valence-electron chi connectivity index (χ4n) is 2.21. The summed E-state index contributed by atoms with van der Waals surface area (Å²) in [5.41, 5.74) is 0.984. The Labute approximate surface area is 115 Å². The van der Waals surface area contributed by atoms with Gasteiger partial charge < -0.3 is 10.1 Å². The summed E-state index contributed by atoms with van der Waals surface area (Å²) in [5.74, 6) is -0.203. The lowest BCUT2D eigenvalue weighted by Gasteiger charge is -2.35. The molecule has 1 saturated heterocycles. The Morgan fingerprint density at radius 3 is 3.17 bits per heavy atom. The molecule has 1 heterocycles. The summed E-state index contributed by atoms with van der Waals surface area (Å²) in [7, 11) is 1.94. The van der Waals surface area contributed by atoms with E-state index in [1.165, 1.54) is 6.07 Å². The van der Waals surface area contributed by atoms with Crippen LogP contribution in [0.2, 0.25) is 0 Å². The third-order valence-electron chi connectivity index (χ3n) is 3.19. The lowest BCUT2D eigenvalue weighted by molar-refractivity contribution is -0.0104. The molecule has 0 spiro atoms. The van der Waals surface area contributed by atoms with Gasteiger partial charge in [-0.3, -0.25) is 4.90 Å².